The molecule has 2 N–H and O–H groups in total. The molecule has 2 heterocycles. The van der Waals surface area contributed by atoms with Gasteiger partial charge in [0.1, 0.15) is 5.75 Å². The second-order valence-corrected chi connectivity index (χ2v) is 10.8. The van der Waals surface area contributed by atoms with E-state index in [4.69, 9.17) is 24.5 Å². The van der Waals surface area contributed by atoms with Gasteiger partial charge in [0, 0.05) is 39.1 Å². The number of hydrogen-bond donors (Lipinski definition) is 2. The molecule has 43 heavy (non-hydrogen) atoms. The molecule has 0 spiro atoms. The molecular formula is C34H41N3O6. The molecule has 0 aliphatic carbocycles. The molecule has 1 atom stereocenters. The first-order chi connectivity index (χ1) is 20.9. The molecule has 2 aliphatic rings. The summed E-state index contributed by atoms with van der Waals surface area (Å²) in [6, 6.07) is 30.5. The van der Waals surface area contributed by atoms with Gasteiger partial charge in [0.25, 0.3) is 0 Å². The van der Waals surface area contributed by atoms with Crippen molar-refractivity contribution in [3.8, 4) is 5.75 Å². The third-order valence-corrected chi connectivity index (χ3v) is 8.12. The highest BCUT2D eigenvalue weighted by molar-refractivity contribution is 6.27. The molecule has 0 radical (unpaired) electrons. The highest BCUT2D eigenvalue weighted by atomic mass is 16.5. The van der Waals surface area contributed by atoms with E-state index >= 15 is 0 Å². The number of nitrogens with zero attached hydrogens (tertiary/aromatic N) is 3. The van der Waals surface area contributed by atoms with E-state index in [0.29, 0.717) is 18.4 Å². The number of amides is 1. The highest BCUT2D eigenvalue weighted by Crippen LogP contribution is 2.33. The number of piperazine rings is 1. The number of piperidine rings is 1. The normalized spacial score (nSPS) is 17.7. The summed E-state index contributed by atoms with van der Waals surface area (Å²) in [6.07, 6.45) is 3.69. The van der Waals surface area contributed by atoms with Crippen LogP contribution < -0.4 is 4.74 Å². The highest BCUT2D eigenvalue weighted by Gasteiger charge is 2.30. The van der Waals surface area contributed by atoms with Crippen LogP contribution in [-0.2, 0) is 14.4 Å². The van der Waals surface area contributed by atoms with Gasteiger partial charge in [-0.15, -0.1) is 0 Å². The minimum Gasteiger partial charge on any atom is -0.497 e. The smallest absolute Gasteiger partial charge is 0.414 e. The number of hydrogen-bond acceptors (Lipinski definition) is 6. The molecule has 3 aromatic rings. The lowest BCUT2D eigenvalue weighted by molar-refractivity contribution is -0.159. The van der Waals surface area contributed by atoms with Crippen molar-refractivity contribution in [2.75, 3.05) is 46.4 Å². The lowest BCUT2D eigenvalue weighted by Crippen LogP contribution is -2.48. The van der Waals surface area contributed by atoms with Crippen molar-refractivity contribution >= 4 is 17.8 Å². The standard InChI is InChI=1S/C32H39N3O2.C2H2O4/c1-37-29-18-16-26(17-19-29)30-14-8-15-31(36)35(30)21-9-20-33-22-24-34(25-23-33)32(27-10-4-2-5-11-27)28-12-6-3-7-13-28;3-1(4)2(5)6/h2-7,10-13,16-19,30,32H,8-9,14-15,20-25H2,1H3;(H,3,4)(H,5,6). The molecular weight excluding hydrogens is 546 g/mol. The van der Waals surface area contributed by atoms with Crippen LogP contribution in [0.4, 0.5) is 0 Å². The van der Waals surface area contributed by atoms with Crippen molar-refractivity contribution in [3.05, 3.63) is 102 Å². The van der Waals surface area contributed by atoms with Crippen molar-refractivity contribution in [2.45, 2.75) is 37.8 Å². The number of carboxylic acids is 2. The molecule has 5 rings (SSSR count). The number of rotatable bonds is 9. The monoisotopic (exact) mass is 587 g/mol. The largest absolute Gasteiger partial charge is 0.497 e. The molecule has 1 unspecified atom stereocenters. The van der Waals surface area contributed by atoms with Crippen molar-refractivity contribution in [1.82, 2.24) is 14.7 Å². The number of benzene rings is 3. The zero-order chi connectivity index (χ0) is 30.6. The van der Waals surface area contributed by atoms with Crippen LogP contribution >= 0.6 is 0 Å². The quantitative estimate of drug-likeness (QED) is 0.347. The molecule has 9 heteroatoms. The fourth-order valence-corrected chi connectivity index (χ4v) is 5.97. The van der Waals surface area contributed by atoms with Crippen molar-refractivity contribution in [3.63, 3.8) is 0 Å². The van der Waals surface area contributed by atoms with Gasteiger partial charge in [-0.05, 0) is 54.6 Å². The van der Waals surface area contributed by atoms with Crippen LogP contribution in [0, 0.1) is 0 Å². The van der Waals surface area contributed by atoms with Crippen LogP contribution in [0.3, 0.4) is 0 Å². The predicted molar refractivity (Wildman–Crippen MR) is 164 cm³/mol. The number of methoxy groups -OCH3 is 1. The minimum atomic E-state index is -1.82. The fourth-order valence-electron chi connectivity index (χ4n) is 5.97. The zero-order valence-electron chi connectivity index (χ0n) is 24.7. The summed E-state index contributed by atoms with van der Waals surface area (Å²) in [5.74, 6) is -2.49. The van der Waals surface area contributed by atoms with Gasteiger partial charge < -0.3 is 24.7 Å². The lowest BCUT2D eigenvalue weighted by Gasteiger charge is -2.40. The molecule has 0 aromatic heterocycles. The minimum absolute atomic E-state index is 0.182. The van der Waals surface area contributed by atoms with E-state index in [-0.39, 0.29) is 6.04 Å². The summed E-state index contributed by atoms with van der Waals surface area (Å²) in [4.78, 5) is 38.4. The molecule has 228 valence electrons. The van der Waals surface area contributed by atoms with E-state index in [2.05, 4.69) is 87.5 Å². The van der Waals surface area contributed by atoms with Gasteiger partial charge in [0.2, 0.25) is 5.91 Å². The van der Waals surface area contributed by atoms with Crippen LogP contribution in [0.1, 0.15) is 54.5 Å². The Morgan fingerprint density at radius 1 is 0.814 bits per heavy atom. The van der Waals surface area contributed by atoms with Gasteiger partial charge in [-0.3, -0.25) is 9.69 Å². The number of carboxylic acid groups (broad SMARTS) is 2. The summed E-state index contributed by atoms with van der Waals surface area (Å²) in [6.45, 7) is 6.08. The summed E-state index contributed by atoms with van der Waals surface area (Å²) in [5.41, 5.74) is 3.93. The topological polar surface area (TPSA) is 111 Å². The van der Waals surface area contributed by atoms with E-state index in [1.54, 1.807) is 7.11 Å². The Balaban J connectivity index is 0.000000641. The van der Waals surface area contributed by atoms with Gasteiger partial charge in [0.15, 0.2) is 0 Å². The molecule has 2 fully saturated rings. The number of likely N-dealkylation sites (tertiary alicyclic amines) is 1. The number of carbonyl (C=O) groups is 3. The second-order valence-electron chi connectivity index (χ2n) is 10.8. The molecule has 1 amide bonds. The van der Waals surface area contributed by atoms with Gasteiger partial charge in [-0.1, -0.05) is 72.8 Å². The van der Waals surface area contributed by atoms with Crippen molar-refractivity contribution < 1.29 is 29.3 Å². The van der Waals surface area contributed by atoms with Crippen LogP contribution in [-0.4, -0.2) is 89.1 Å². The van der Waals surface area contributed by atoms with Crippen LogP contribution in [0.2, 0.25) is 0 Å². The summed E-state index contributed by atoms with van der Waals surface area (Å²) in [7, 11) is 1.69. The van der Waals surface area contributed by atoms with Crippen LogP contribution in [0.5, 0.6) is 5.75 Å². The lowest BCUT2D eigenvalue weighted by atomic mass is 9.94. The molecule has 9 nitrogen and oxygen atoms in total. The number of ether oxygens (including phenoxy) is 1. The van der Waals surface area contributed by atoms with E-state index in [0.717, 1.165) is 64.3 Å². The van der Waals surface area contributed by atoms with Gasteiger partial charge in [-0.2, -0.15) is 0 Å². The Morgan fingerprint density at radius 2 is 1.37 bits per heavy atom. The zero-order valence-corrected chi connectivity index (χ0v) is 24.7. The fraction of sp³-hybridized carbons (Fsp3) is 0.382. The van der Waals surface area contributed by atoms with Crippen LogP contribution in [0.25, 0.3) is 0 Å². The van der Waals surface area contributed by atoms with E-state index in [1.807, 2.05) is 12.1 Å². The average Bonchev–Trinajstić information content (AvgIpc) is 3.04. The second kappa shape index (κ2) is 15.9. The molecule has 0 saturated carbocycles. The van der Waals surface area contributed by atoms with Gasteiger partial charge in [-0.25, -0.2) is 9.59 Å². The Bertz CT molecular complexity index is 1260. The maximum atomic E-state index is 12.9. The van der Waals surface area contributed by atoms with Gasteiger partial charge in [0.05, 0.1) is 19.2 Å². The summed E-state index contributed by atoms with van der Waals surface area (Å²) < 4.78 is 5.32. The Hall–Kier alpha value is -4.21. The maximum absolute atomic E-state index is 12.9. The summed E-state index contributed by atoms with van der Waals surface area (Å²) in [5, 5.41) is 14.8. The summed E-state index contributed by atoms with van der Waals surface area (Å²) >= 11 is 0. The van der Waals surface area contributed by atoms with Crippen LogP contribution in [0.15, 0.2) is 84.9 Å². The number of aliphatic carboxylic acids is 2. The number of carbonyl (C=O) groups excluding carboxylic acids is 1. The first-order valence-corrected chi connectivity index (χ1v) is 14.8. The Kier molecular flexibility index (Phi) is 11.7. The molecule has 2 aliphatic heterocycles. The van der Waals surface area contributed by atoms with Crippen molar-refractivity contribution in [1.29, 1.82) is 0 Å². The molecule has 0 bridgehead atoms. The Labute approximate surface area is 253 Å². The predicted octanol–water partition coefficient (Wildman–Crippen LogP) is 4.70. The van der Waals surface area contributed by atoms with E-state index < -0.39 is 11.9 Å². The molecule has 2 saturated heterocycles. The van der Waals surface area contributed by atoms with Gasteiger partial charge >= 0.3 is 11.9 Å². The third kappa shape index (κ3) is 8.89. The SMILES string of the molecule is COc1ccc(C2CCCC(=O)N2CCCN2CCN(C(c3ccccc3)c3ccccc3)CC2)cc1.O=C(O)C(=O)O. The van der Waals surface area contributed by atoms with E-state index in [9.17, 15) is 4.79 Å². The average molecular weight is 588 g/mol. The molecule has 3 aromatic carbocycles. The van der Waals surface area contributed by atoms with Crippen molar-refractivity contribution in [2.24, 2.45) is 0 Å². The first-order valence-electron chi connectivity index (χ1n) is 14.8. The first kappa shape index (κ1) is 31.7. The third-order valence-electron chi connectivity index (χ3n) is 8.12. The van der Waals surface area contributed by atoms with E-state index in [1.165, 1.54) is 16.7 Å². The Morgan fingerprint density at radius 3 is 1.88 bits per heavy atom. The maximum Gasteiger partial charge on any atom is 0.414 e.